The minimum absolute atomic E-state index is 0.113. The number of amides is 1. The van der Waals surface area contributed by atoms with E-state index in [0.29, 0.717) is 23.6 Å². The molecule has 0 aliphatic heterocycles. The summed E-state index contributed by atoms with van der Waals surface area (Å²) in [7, 11) is -2.67. The summed E-state index contributed by atoms with van der Waals surface area (Å²) >= 11 is 0. The van der Waals surface area contributed by atoms with Crippen LogP contribution in [-0.4, -0.2) is 28.0 Å². The van der Waals surface area contributed by atoms with E-state index < -0.39 is 21.7 Å². The third-order valence-corrected chi connectivity index (χ3v) is 5.82. The number of hydrogen-bond donors (Lipinski definition) is 2. The van der Waals surface area contributed by atoms with Crippen molar-refractivity contribution in [3.05, 3.63) is 84.2 Å². The van der Waals surface area contributed by atoms with E-state index in [1.54, 1.807) is 30.3 Å². The van der Waals surface area contributed by atoms with E-state index in [4.69, 9.17) is 9.47 Å². The highest BCUT2D eigenvalue weighted by Crippen LogP contribution is 2.29. The van der Waals surface area contributed by atoms with Gasteiger partial charge < -0.3 is 14.8 Å². The van der Waals surface area contributed by atoms with Crippen molar-refractivity contribution in [3.63, 3.8) is 0 Å². The summed E-state index contributed by atoms with van der Waals surface area (Å²) in [6.07, 6.45) is 2.68. The molecule has 9 heteroatoms. The van der Waals surface area contributed by atoms with Gasteiger partial charge in [-0.15, -0.1) is 0 Å². The topological polar surface area (TPSA) is 93.7 Å². The van der Waals surface area contributed by atoms with Gasteiger partial charge >= 0.3 is 0 Å². The van der Waals surface area contributed by atoms with E-state index in [1.165, 1.54) is 55.7 Å². The third kappa shape index (κ3) is 6.56. The van der Waals surface area contributed by atoms with E-state index in [0.717, 1.165) is 0 Å². The van der Waals surface area contributed by atoms with Crippen LogP contribution in [0.3, 0.4) is 0 Å². The minimum atomic E-state index is -4.03. The molecule has 33 heavy (non-hydrogen) atoms. The Hall–Kier alpha value is -3.85. The first-order valence-corrected chi connectivity index (χ1v) is 11.5. The average Bonchev–Trinajstić information content (AvgIpc) is 2.79. The van der Waals surface area contributed by atoms with Crippen molar-refractivity contribution in [1.29, 1.82) is 0 Å². The lowest BCUT2D eigenvalue weighted by atomic mass is 10.2. The molecule has 2 N–H and O–H groups in total. The number of methoxy groups -OCH3 is 1. The minimum Gasteiger partial charge on any atom is -0.495 e. The molecule has 0 saturated carbocycles. The molecule has 1 amide bonds. The number of halogens is 1. The maximum atomic E-state index is 13.3. The van der Waals surface area contributed by atoms with Crippen molar-refractivity contribution < 1.29 is 27.1 Å². The highest BCUT2D eigenvalue weighted by Gasteiger charge is 2.21. The highest BCUT2D eigenvalue weighted by molar-refractivity contribution is 7.92. The Kier molecular flexibility index (Phi) is 7.68. The van der Waals surface area contributed by atoms with Crippen molar-refractivity contribution in [2.24, 2.45) is 0 Å². The number of nitrogens with one attached hydrogen (secondary N) is 2. The van der Waals surface area contributed by atoms with Crippen LogP contribution in [0, 0.1) is 5.82 Å². The van der Waals surface area contributed by atoms with Gasteiger partial charge in [0.15, 0.2) is 0 Å². The van der Waals surface area contributed by atoms with Crippen LogP contribution in [0.15, 0.2) is 77.7 Å². The SMILES string of the molecule is CCOc1ccc(NS(=O)(=O)c2cc(NC(=O)/C=C/c3cccc(F)c3)ccc2OC)cc1. The predicted octanol–water partition coefficient (Wildman–Crippen LogP) is 4.69. The van der Waals surface area contributed by atoms with Crippen LogP contribution in [-0.2, 0) is 14.8 Å². The van der Waals surface area contributed by atoms with Crippen LogP contribution in [0.1, 0.15) is 12.5 Å². The summed E-state index contributed by atoms with van der Waals surface area (Å²) in [5, 5.41) is 2.59. The maximum Gasteiger partial charge on any atom is 0.265 e. The summed E-state index contributed by atoms with van der Waals surface area (Å²) in [4.78, 5) is 12.1. The number of rotatable bonds is 9. The number of ether oxygens (including phenoxy) is 2. The quantitative estimate of drug-likeness (QED) is 0.443. The molecule has 3 rings (SSSR count). The molecule has 0 aromatic heterocycles. The molecule has 0 radical (unpaired) electrons. The Labute approximate surface area is 191 Å². The Morgan fingerprint density at radius 3 is 2.42 bits per heavy atom. The lowest BCUT2D eigenvalue weighted by molar-refractivity contribution is -0.111. The first-order valence-electron chi connectivity index (χ1n) is 9.99. The normalized spacial score (nSPS) is 11.2. The number of carbonyl (C=O) groups is 1. The van der Waals surface area contributed by atoms with E-state index in [9.17, 15) is 17.6 Å². The van der Waals surface area contributed by atoms with Crippen LogP contribution in [0.5, 0.6) is 11.5 Å². The van der Waals surface area contributed by atoms with E-state index in [2.05, 4.69) is 10.0 Å². The molecule has 0 spiro atoms. The Morgan fingerprint density at radius 2 is 1.76 bits per heavy atom. The van der Waals surface area contributed by atoms with E-state index in [1.807, 2.05) is 6.92 Å². The second kappa shape index (κ2) is 10.6. The Bertz CT molecular complexity index is 1260. The molecule has 0 fully saturated rings. The molecule has 0 heterocycles. The van der Waals surface area contributed by atoms with Crippen LogP contribution >= 0.6 is 0 Å². The number of sulfonamides is 1. The van der Waals surface area contributed by atoms with Gasteiger partial charge in [-0.25, -0.2) is 12.8 Å². The second-order valence-electron chi connectivity index (χ2n) is 6.81. The lowest BCUT2D eigenvalue weighted by Crippen LogP contribution is -2.15. The van der Waals surface area contributed by atoms with Crippen LogP contribution in [0.4, 0.5) is 15.8 Å². The smallest absolute Gasteiger partial charge is 0.265 e. The van der Waals surface area contributed by atoms with Crippen molar-refractivity contribution in [1.82, 2.24) is 0 Å². The first-order chi connectivity index (χ1) is 15.8. The maximum absolute atomic E-state index is 13.3. The molecular formula is C24H23FN2O5S. The van der Waals surface area contributed by atoms with Gasteiger partial charge in [0, 0.05) is 17.5 Å². The number of carbonyl (C=O) groups excluding carboxylic acids is 1. The van der Waals surface area contributed by atoms with Gasteiger partial charge in [-0.3, -0.25) is 9.52 Å². The Morgan fingerprint density at radius 1 is 1.03 bits per heavy atom. The van der Waals surface area contributed by atoms with Gasteiger partial charge in [0.25, 0.3) is 10.0 Å². The van der Waals surface area contributed by atoms with Crippen molar-refractivity contribution in [3.8, 4) is 11.5 Å². The average molecular weight is 471 g/mol. The largest absolute Gasteiger partial charge is 0.495 e. The summed E-state index contributed by atoms with van der Waals surface area (Å²) in [6.45, 7) is 2.35. The van der Waals surface area contributed by atoms with Gasteiger partial charge in [-0.1, -0.05) is 12.1 Å². The zero-order chi connectivity index (χ0) is 23.8. The molecular weight excluding hydrogens is 447 g/mol. The molecule has 0 atom stereocenters. The molecule has 7 nitrogen and oxygen atoms in total. The number of anilines is 2. The first kappa shape index (κ1) is 23.8. The van der Waals surface area contributed by atoms with E-state index in [-0.39, 0.29) is 16.3 Å². The molecule has 3 aromatic rings. The molecule has 0 bridgehead atoms. The second-order valence-corrected chi connectivity index (χ2v) is 8.46. The van der Waals surface area contributed by atoms with Gasteiger partial charge in [0.2, 0.25) is 5.91 Å². The fourth-order valence-corrected chi connectivity index (χ4v) is 4.18. The molecule has 172 valence electrons. The van der Waals surface area contributed by atoms with Crippen LogP contribution < -0.4 is 19.5 Å². The van der Waals surface area contributed by atoms with Crippen LogP contribution in [0.25, 0.3) is 6.08 Å². The lowest BCUT2D eigenvalue weighted by Gasteiger charge is -2.14. The van der Waals surface area contributed by atoms with Gasteiger partial charge in [0.05, 0.1) is 13.7 Å². The number of benzene rings is 3. The standard InChI is InChI=1S/C24H23FN2O5S/c1-3-32-21-11-8-19(9-12-21)27-33(29,30)23-16-20(10-13-22(23)31-2)26-24(28)14-7-17-5-4-6-18(25)15-17/h4-16,27H,3H2,1-2H3,(H,26,28)/b14-7+. The highest BCUT2D eigenvalue weighted by atomic mass is 32.2. The summed E-state index contributed by atoms with van der Waals surface area (Å²) in [6, 6.07) is 16.5. The molecule has 0 saturated heterocycles. The Balaban J connectivity index is 1.78. The van der Waals surface area contributed by atoms with Gasteiger partial charge in [-0.2, -0.15) is 0 Å². The molecule has 0 aliphatic rings. The van der Waals surface area contributed by atoms with E-state index >= 15 is 0 Å². The van der Waals surface area contributed by atoms with Crippen molar-refractivity contribution >= 4 is 33.4 Å². The zero-order valence-corrected chi connectivity index (χ0v) is 18.9. The summed E-state index contributed by atoms with van der Waals surface area (Å²) in [5.41, 5.74) is 1.10. The molecule has 0 aliphatic carbocycles. The molecule has 0 unspecified atom stereocenters. The summed E-state index contributed by atoms with van der Waals surface area (Å²) in [5.74, 6) is -0.189. The zero-order valence-electron chi connectivity index (χ0n) is 18.0. The molecule has 3 aromatic carbocycles. The third-order valence-electron chi connectivity index (χ3n) is 4.41. The summed E-state index contributed by atoms with van der Waals surface area (Å²) < 4.78 is 52.3. The van der Waals surface area contributed by atoms with Crippen molar-refractivity contribution in [2.75, 3.05) is 23.8 Å². The van der Waals surface area contributed by atoms with Crippen LogP contribution in [0.2, 0.25) is 0 Å². The fourth-order valence-electron chi connectivity index (χ4n) is 2.93. The predicted molar refractivity (Wildman–Crippen MR) is 125 cm³/mol. The van der Waals surface area contributed by atoms with Crippen molar-refractivity contribution in [2.45, 2.75) is 11.8 Å². The fraction of sp³-hybridized carbons (Fsp3) is 0.125. The monoisotopic (exact) mass is 470 g/mol. The van der Waals surface area contributed by atoms with Gasteiger partial charge in [-0.05, 0) is 73.2 Å². The van der Waals surface area contributed by atoms with Gasteiger partial charge in [0.1, 0.15) is 22.2 Å². The number of hydrogen-bond acceptors (Lipinski definition) is 5.